The lowest BCUT2D eigenvalue weighted by molar-refractivity contribution is 0.0145. The van der Waals surface area contributed by atoms with Crippen LogP contribution in [0, 0.1) is 0 Å². The lowest BCUT2D eigenvalue weighted by Gasteiger charge is -2.20. The van der Waals surface area contributed by atoms with E-state index in [9.17, 15) is 10.2 Å². The van der Waals surface area contributed by atoms with Gasteiger partial charge in [-0.05, 0) is 36.9 Å². The van der Waals surface area contributed by atoms with Crippen LogP contribution in [-0.2, 0) is 6.42 Å². The van der Waals surface area contributed by atoms with E-state index in [0.29, 0.717) is 25.8 Å². The zero-order valence-electron chi connectivity index (χ0n) is 9.92. The lowest BCUT2D eigenvalue weighted by atomic mass is 9.95. The molecule has 0 aliphatic heterocycles. The molecule has 0 bridgehead atoms. The molecule has 2 atom stereocenters. The molecule has 0 spiro atoms. The second kappa shape index (κ2) is 7.40. The second-order valence-electron chi connectivity index (χ2n) is 4.12. The average Bonchev–Trinajstić information content (AvgIpc) is 2.36. The first kappa shape index (κ1) is 14.1. The van der Waals surface area contributed by atoms with Gasteiger partial charge in [-0.1, -0.05) is 24.3 Å². The minimum absolute atomic E-state index is 0.121. The summed E-state index contributed by atoms with van der Waals surface area (Å²) in [6, 6.07) is 7.43. The van der Waals surface area contributed by atoms with Gasteiger partial charge in [-0.2, -0.15) is 0 Å². The van der Waals surface area contributed by atoms with Gasteiger partial charge in [0.2, 0.25) is 0 Å². The number of nitrogens with two attached hydrogens (primary N) is 1. The van der Waals surface area contributed by atoms with Gasteiger partial charge in [0.25, 0.3) is 0 Å². The highest BCUT2D eigenvalue weighted by molar-refractivity contribution is 5.29. The van der Waals surface area contributed by atoms with Crippen molar-refractivity contribution in [3.63, 3.8) is 0 Å². The van der Waals surface area contributed by atoms with Crippen LogP contribution in [0.5, 0.6) is 0 Å². The van der Waals surface area contributed by atoms with Gasteiger partial charge < -0.3 is 21.1 Å². The van der Waals surface area contributed by atoms with Gasteiger partial charge in [0.15, 0.2) is 0 Å². The molecule has 2 unspecified atom stereocenters. The van der Waals surface area contributed by atoms with E-state index in [1.54, 1.807) is 6.07 Å². The Morgan fingerprint density at radius 3 is 2.53 bits per heavy atom. The Morgan fingerprint density at radius 1 is 1.18 bits per heavy atom. The number of aryl methyl sites for hydroxylation is 1. The highest BCUT2D eigenvalue weighted by atomic mass is 16.3. The summed E-state index contributed by atoms with van der Waals surface area (Å²) in [5, 5.41) is 28.6. The first-order chi connectivity index (χ1) is 8.20. The van der Waals surface area contributed by atoms with Crippen molar-refractivity contribution in [3.8, 4) is 0 Å². The van der Waals surface area contributed by atoms with E-state index < -0.39 is 12.2 Å². The molecule has 4 heteroatoms. The van der Waals surface area contributed by atoms with Crippen molar-refractivity contribution in [2.45, 2.75) is 31.5 Å². The number of aliphatic hydroxyl groups excluding tert-OH is 3. The van der Waals surface area contributed by atoms with E-state index in [0.717, 1.165) is 11.1 Å². The minimum Gasteiger partial charge on any atom is -0.396 e. The summed E-state index contributed by atoms with van der Waals surface area (Å²) < 4.78 is 0. The molecule has 0 aliphatic carbocycles. The first-order valence-corrected chi connectivity index (χ1v) is 5.95. The fourth-order valence-corrected chi connectivity index (χ4v) is 1.86. The van der Waals surface area contributed by atoms with Gasteiger partial charge >= 0.3 is 0 Å². The summed E-state index contributed by atoms with van der Waals surface area (Å²) in [5.41, 5.74) is 7.05. The zero-order chi connectivity index (χ0) is 12.7. The molecule has 1 rings (SSSR count). The lowest BCUT2D eigenvalue weighted by Crippen LogP contribution is -2.22. The van der Waals surface area contributed by atoms with Crippen LogP contribution in [-0.4, -0.2) is 34.6 Å². The third kappa shape index (κ3) is 4.09. The van der Waals surface area contributed by atoms with Crippen LogP contribution >= 0.6 is 0 Å². The van der Waals surface area contributed by atoms with Gasteiger partial charge in [-0.15, -0.1) is 0 Å². The minimum atomic E-state index is -0.909. The predicted octanol–water partition coefficient (Wildman–Crippen LogP) is 0.355. The van der Waals surface area contributed by atoms with Crippen molar-refractivity contribution in [1.29, 1.82) is 0 Å². The Balaban J connectivity index is 2.80. The average molecular weight is 239 g/mol. The third-order valence-electron chi connectivity index (χ3n) is 2.80. The Labute approximate surface area is 102 Å². The molecule has 0 radical (unpaired) electrons. The quantitative estimate of drug-likeness (QED) is 0.553. The fourth-order valence-electron chi connectivity index (χ4n) is 1.86. The highest BCUT2D eigenvalue weighted by Gasteiger charge is 2.19. The van der Waals surface area contributed by atoms with Crippen molar-refractivity contribution in [2.24, 2.45) is 5.73 Å². The molecule has 4 nitrogen and oxygen atoms in total. The van der Waals surface area contributed by atoms with E-state index in [1.807, 2.05) is 18.2 Å². The molecule has 1 aromatic rings. The second-order valence-corrected chi connectivity index (χ2v) is 4.12. The monoisotopic (exact) mass is 239 g/mol. The summed E-state index contributed by atoms with van der Waals surface area (Å²) >= 11 is 0. The smallest absolute Gasteiger partial charge is 0.105 e. The zero-order valence-corrected chi connectivity index (χ0v) is 9.92. The van der Waals surface area contributed by atoms with Crippen LogP contribution < -0.4 is 5.73 Å². The maximum absolute atomic E-state index is 10.0. The molecule has 0 aliphatic rings. The molecule has 5 N–H and O–H groups in total. The van der Waals surface area contributed by atoms with Gasteiger partial charge in [0.1, 0.15) is 6.10 Å². The highest BCUT2D eigenvalue weighted by Crippen LogP contribution is 2.23. The summed E-state index contributed by atoms with van der Waals surface area (Å²) in [4.78, 5) is 0. The van der Waals surface area contributed by atoms with E-state index in [1.165, 1.54) is 0 Å². The first-order valence-electron chi connectivity index (χ1n) is 5.95. The molecule has 96 valence electrons. The standard InChI is InChI=1S/C13H21NO3/c14-8-7-12(16)13(17)11-6-2-1-4-10(11)5-3-9-15/h1-2,4,6,12-13,15-17H,3,5,7-9,14H2. The molecule has 0 saturated heterocycles. The van der Waals surface area contributed by atoms with Crippen LogP contribution in [0.1, 0.15) is 30.1 Å². The Hall–Kier alpha value is -0.940. The largest absolute Gasteiger partial charge is 0.396 e. The Kier molecular flexibility index (Phi) is 6.15. The summed E-state index contributed by atoms with van der Waals surface area (Å²) in [6.45, 7) is 0.465. The van der Waals surface area contributed by atoms with Crippen LogP contribution in [0.25, 0.3) is 0 Å². The molecule has 0 aromatic heterocycles. The van der Waals surface area contributed by atoms with Crippen LogP contribution in [0.3, 0.4) is 0 Å². The number of hydrogen-bond donors (Lipinski definition) is 4. The van der Waals surface area contributed by atoms with E-state index in [4.69, 9.17) is 10.8 Å². The molecule has 1 aromatic carbocycles. The van der Waals surface area contributed by atoms with Gasteiger partial charge in [0, 0.05) is 6.61 Å². The molecular weight excluding hydrogens is 218 g/mol. The molecule has 0 amide bonds. The van der Waals surface area contributed by atoms with Crippen molar-refractivity contribution in [1.82, 2.24) is 0 Å². The van der Waals surface area contributed by atoms with Crippen molar-refractivity contribution in [3.05, 3.63) is 35.4 Å². The van der Waals surface area contributed by atoms with Crippen LogP contribution in [0.2, 0.25) is 0 Å². The topological polar surface area (TPSA) is 86.7 Å². The Morgan fingerprint density at radius 2 is 1.88 bits per heavy atom. The summed E-state index contributed by atoms with van der Waals surface area (Å²) in [6.07, 6.45) is -0.0330. The Bertz CT molecular complexity index is 330. The van der Waals surface area contributed by atoms with Crippen LogP contribution in [0.15, 0.2) is 24.3 Å². The normalized spacial score (nSPS) is 14.6. The number of hydrogen-bond acceptors (Lipinski definition) is 4. The van der Waals surface area contributed by atoms with Gasteiger partial charge in [0.05, 0.1) is 6.10 Å². The van der Waals surface area contributed by atoms with Gasteiger partial charge in [-0.25, -0.2) is 0 Å². The summed E-state index contributed by atoms with van der Waals surface area (Å²) in [5.74, 6) is 0. The van der Waals surface area contributed by atoms with Crippen LogP contribution in [0.4, 0.5) is 0 Å². The van der Waals surface area contributed by atoms with Crippen molar-refractivity contribution < 1.29 is 15.3 Å². The molecule has 0 saturated carbocycles. The number of aliphatic hydroxyl groups is 3. The molecule has 0 fully saturated rings. The molecule has 17 heavy (non-hydrogen) atoms. The SMILES string of the molecule is NCCC(O)C(O)c1ccccc1CCCO. The van der Waals surface area contributed by atoms with E-state index >= 15 is 0 Å². The van der Waals surface area contributed by atoms with Crippen molar-refractivity contribution >= 4 is 0 Å². The molecule has 0 heterocycles. The fraction of sp³-hybridized carbons (Fsp3) is 0.538. The maximum Gasteiger partial charge on any atom is 0.105 e. The predicted molar refractivity (Wildman–Crippen MR) is 66.5 cm³/mol. The van der Waals surface area contributed by atoms with E-state index in [2.05, 4.69) is 0 Å². The number of rotatable bonds is 7. The van der Waals surface area contributed by atoms with Crippen molar-refractivity contribution in [2.75, 3.05) is 13.2 Å². The van der Waals surface area contributed by atoms with Gasteiger partial charge in [-0.3, -0.25) is 0 Å². The van der Waals surface area contributed by atoms with E-state index in [-0.39, 0.29) is 6.61 Å². The number of benzene rings is 1. The molecular formula is C13H21NO3. The summed E-state index contributed by atoms with van der Waals surface area (Å²) in [7, 11) is 0. The third-order valence-corrected chi connectivity index (χ3v) is 2.80. The maximum atomic E-state index is 10.0.